The summed E-state index contributed by atoms with van der Waals surface area (Å²) in [6, 6.07) is 12.7. The van der Waals surface area contributed by atoms with E-state index in [2.05, 4.69) is 98.7 Å². The van der Waals surface area contributed by atoms with Crippen molar-refractivity contribution in [2.45, 2.75) is 111 Å². The monoisotopic (exact) mass is 514 g/mol. The second-order valence-corrected chi connectivity index (χ2v) is 14.4. The number of fused-ring (bicyclic) bond motifs is 6. The van der Waals surface area contributed by atoms with Gasteiger partial charge < -0.3 is 15.3 Å². The quantitative estimate of drug-likeness (QED) is 0.282. The van der Waals surface area contributed by atoms with E-state index in [0.29, 0.717) is 24.3 Å². The van der Waals surface area contributed by atoms with Crippen LogP contribution in [0.3, 0.4) is 0 Å². The molecule has 3 aromatic carbocycles. The lowest BCUT2D eigenvalue weighted by Crippen LogP contribution is -2.15. The van der Waals surface area contributed by atoms with Crippen molar-refractivity contribution >= 4 is 0 Å². The molecule has 0 fully saturated rings. The van der Waals surface area contributed by atoms with E-state index in [4.69, 9.17) is 0 Å². The first kappa shape index (κ1) is 28.1. The van der Waals surface area contributed by atoms with Crippen LogP contribution >= 0.6 is 0 Å². The van der Waals surface area contributed by atoms with Gasteiger partial charge in [0.2, 0.25) is 0 Å². The minimum atomic E-state index is -0.121. The second-order valence-electron chi connectivity index (χ2n) is 14.4. The Bertz CT molecular complexity index is 1260. The largest absolute Gasteiger partial charge is 0.507 e. The normalized spacial score (nSPS) is 14.8. The minimum Gasteiger partial charge on any atom is -0.507 e. The van der Waals surface area contributed by atoms with Gasteiger partial charge in [-0.2, -0.15) is 0 Å². The third-order valence-electron chi connectivity index (χ3n) is 8.06. The van der Waals surface area contributed by atoms with Crippen molar-refractivity contribution in [2.75, 3.05) is 0 Å². The van der Waals surface area contributed by atoms with Crippen molar-refractivity contribution in [3.8, 4) is 17.2 Å². The van der Waals surface area contributed by atoms with Gasteiger partial charge in [0.15, 0.2) is 0 Å². The lowest BCUT2D eigenvalue weighted by Gasteiger charge is -2.26. The van der Waals surface area contributed by atoms with Crippen LogP contribution in [0.15, 0.2) is 36.4 Å². The number of aromatic hydroxyl groups is 3. The average Bonchev–Trinajstić information content (AvgIpc) is 2.77. The number of phenols is 3. The van der Waals surface area contributed by atoms with Crippen LogP contribution in [0, 0.1) is 0 Å². The lowest BCUT2D eigenvalue weighted by atomic mass is 9.80. The molecule has 3 N–H and O–H groups in total. The molecule has 204 valence electrons. The Kier molecular flexibility index (Phi) is 7.14. The summed E-state index contributed by atoms with van der Waals surface area (Å²) >= 11 is 0. The van der Waals surface area contributed by atoms with E-state index in [1.807, 2.05) is 0 Å². The van der Waals surface area contributed by atoms with Crippen LogP contribution in [0.2, 0.25) is 0 Å². The first-order valence-electron chi connectivity index (χ1n) is 14.0. The molecule has 3 aromatic rings. The topological polar surface area (TPSA) is 60.7 Å². The van der Waals surface area contributed by atoms with Gasteiger partial charge in [-0.05, 0) is 85.6 Å². The van der Waals surface area contributed by atoms with Crippen LogP contribution in [0.5, 0.6) is 17.2 Å². The highest BCUT2D eigenvalue weighted by Crippen LogP contribution is 2.40. The average molecular weight is 515 g/mol. The Morgan fingerprint density at radius 2 is 0.658 bits per heavy atom. The Hall–Kier alpha value is -2.94. The second kappa shape index (κ2) is 9.67. The van der Waals surface area contributed by atoms with Gasteiger partial charge in [-0.25, -0.2) is 0 Å². The third-order valence-corrected chi connectivity index (χ3v) is 8.06. The first-order valence-corrected chi connectivity index (χ1v) is 14.0. The fourth-order valence-corrected chi connectivity index (χ4v) is 5.38. The standard InChI is InChI=1S/C35H46O3/c1-33(2,3)27-15-21-11-10-12-22-16-28(34(4,5)6)18-24(31(22)37)14-26-20-29(35(7,8)9)19-25(32(26)38)13-23(17-27)30(21)36/h15-20,36-38H,10-14H2,1-9H3. The van der Waals surface area contributed by atoms with Crippen LogP contribution < -0.4 is 0 Å². The van der Waals surface area contributed by atoms with E-state index in [1.54, 1.807) is 0 Å². The molecule has 0 amide bonds. The molecule has 4 rings (SSSR count). The summed E-state index contributed by atoms with van der Waals surface area (Å²) in [7, 11) is 0. The van der Waals surface area contributed by atoms with Gasteiger partial charge in [-0.15, -0.1) is 0 Å². The van der Waals surface area contributed by atoms with Crippen molar-refractivity contribution in [2.24, 2.45) is 0 Å². The number of hydrogen-bond acceptors (Lipinski definition) is 3. The molecule has 0 aliphatic heterocycles. The Balaban J connectivity index is 2.01. The summed E-state index contributed by atoms with van der Waals surface area (Å²) in [5.74, 6) is 0.898. The molecule has 38 heavy (non-hydrogen) atoms. The fourth-order valence-electron chi connectivity index (χ4n) is 5.38. The molecule has 0 spiro atoms. The highest BCUT2D eigenvalue weighted by atomic mass is 16.3. The summed E-state index contributed by atoms with van der Waals surface area (Å²) < 4.78 is 0. The number of benzene rings is 3. The van der Waals surface area contributed by atoms with E-state index in [0.717, 1.165) is 58.2 Å². The van der Waals surface area contributed by atoms with Crippen molar-refractivity contribution in [1.82, 2.24) is 0 Å². The van der Waals surface area contributed by atoms with E-state index >= 15 is 0 Å². The van der Waals surface area contributed by atoms with Crippen LogP contribution in [0.4, 0.5) is 0 Å². The van der Waals surface area contributed by atoms with E-state index in [1.165, 1.54) is 11.1 Å². The molecule has 0 aromatic heterocycles. The van der Waals surface area contributed by atoms with Crippen molar-refractivity contribution in [3.05, 3.63) is 86.5 Å². The molecule has 1 aliphatic carbocycles. The zero-order chi connectivity index (χ0) is 28.2. The number of rotatable bonds is 0. The summed E-state index contributed by atoms with van der Waals surface area (Å²) in [6.07, 6.45) is 3.16. The van der Waals surface area contributed by atoms with Crippen molar-refractivity contribution in [1.29, 1.82) is 0 Å². The Morgan fingerprint density at radius 3 is 0.921 bits per heavy atom. The van der Waals surface area contributed by atoms with Gasteiger partial charge in [-0.3, -0.25) is 0 Å². The van der Waals surface area contributed by atoms with Crippen molar-refractivity contribution < 1.29 is 15.3 Å². The van der Waals surface area contributed by atoms with Crippen LogP contribution in [0.25, 0.3) is 0 Å². The number of hydrogen-bond donors (Lipinski definition) is 3. The molecule has 3 heteroatoms. The predicted octanol–water partition coefficient (Wildman–Crippen LogP) is 8.37. The van der Waals surface area contributed by atoms with Crippen molar-refractivity contribution in [3.63, 3.8) is 0 Å². The molecule has 0 saturated carbocycles. The SMILES string of the molecule is CC(C)(C)c1cc2c(O)c(c1)Cc1cc(C(C)(C)C)cc(c1O)Cc1cc(C(C)(C)C)cc(c1O)CCC2. The molecule has 0 atom stereocenters. The minimum absolute atomic E-state index is 0.0721. The molecule has 1 aliphatic rings. The Labute approximate surface area is 229 Å². The molecule has 3 nitrogen and oxygen atoms in total. The summed E-state index contributed by atoms with van der Waals surface area (Å²) in [4.78, 5) is 0. The highest BCUT2D eigenvalue weighted by Gasteiger charge is 2.25. The van der Waals surface area contributed by atoms with Crippen LogP contribution in [-0.4, -0.2) is 15.3 Å². The van der Waals surface area contributed by atoms with Gasteiger partial charge >= 0.3 is 0 Å². The van der Waals surface area contributed by atoms with Gasteiger partial charge in [0.25, 0.3) is 0 Å². The smallest absolute Gasteiger partial charge is 0.122 e. The van der Waals surface area contributed by atoms with Gasteiger partial charge in [0, 0.05) is 12.8 Å². The van der Waals surface area contributed by atoms with E-state index < -0.39 is 0 Å². The summed E-state index contributed by atoms with van der Waals surface area (Å²) in [5.41, 5.74) is 8.42. The zero-order valence-electron chi connectivity index (χ0n) is 24.8. The van der Waals surface area contributed by atoms with E-state index in [-0.39, 0.29) is 22.0 Å². The van der Waals surface area contributed by atoms with Gasteiger partial charge in [0.1, 0.15) is 17.2 Å². The van der Waals surface area contributed by atoms with Gasteiger partial charge in [0.05, 0.1) is 0 Å². The molecule has 0 unspecified atom stereocenters. The summed E-state index contributed by atoms with van der Waals surface area (Å²) in [5, 5.41) is 34.4. The first-order chi connectivity index (χ1) is 17.4. The Morgan fingerprint density at radius 1 is 0.421 bits per heavy atom. The maximum atomic E-state index is 11.6. The third kappa shape index (κ3) is 5.72. The lowest BCUT2D eigenvalue weighted by molar-refractivity contribution is 0.448. The molecule has 0 saturated heterocycles. The zero-order valence-corrected chi connectivity index (χ0v) is 24.8. The van der Waals surface area contributed by atoms with Crippen LogP contribution in [0.1, 0.15) is 119 Å². The predicted molar refractivity (Wildman–Crippen MR) is 158 cm³/mol. The molecule has 0 radical (unpaired) electrons. The fraction of sp³-hybridized carbons (Fsp3) is 0.486. The number of phenolic OH excluding ortho intramolecular Hbond substituents is 3. The number of aryl methyl sites for hydroxylation is 2. The maximum absolute atomic E-state index is 11.6. The van der Waals surface area contributed by atoms with Crippen LogP contribution in [-0.2, 0) is 41.9 Å². The molecule has 0 heterocycles. The van der Waals surface area contributed by atoms with Gasteiger partial charge in [-0.1, -0.05) is 98.7 Å². The molecule has 6 bridgehead atoms. The maximum Gasteiger partial charge on any atom is 0.122 e. The highest BCUT2D eigenvalue weighted by molar-refractivity contribution is 5.55. The molecular formula is C35H46O3. The summed E-state index contributed by atoms with van der Waals surface area (Å²) in [6.45, 7) is 19.7. The molecular weight excluding hydrogens is 468 g/mol. The van der Waals surface area contributed by atoms with E-state index in [9.17, 15) is 15.3 Å².